The summed E-state index contributed by atoms with van der Waals surface area (Å²) in [6.45, 7) is 3.79. The van der Waals surface area contributed by atoms with Gasteiger partial charge in [0, 0.05) is 11.6 Å². The molecular weight excluding hydrogens is 316 g/mol. The second kappa shape index (κ2) is 6.42. The van der Waals surface area contributed by atoms with Gasteiger partial charge in [0.2, 0.25) is 0 Å². The van der Waals surface area contributed by atoms with Crippen molar-refractivity contribution in [3.05, 3.63) is 27.2 Å². The van der Waals surface area contributed by atoms with Gasteiger partial charge in [-0.3, -0.25) is 4.90 Å². The van der Waals surface area contributed by atoms with E-state index in [1.54, 1.807) is 12.1 Å². The Morgan fingerprint density at radius 1 is 1.39 bits per heavy atom. The molecule has 1 aromatic carbocycles. The molecule has 1 aliphatic heterocycles. The Labute approximate surface area is 120 Å². The summed E-state index contributed by atoms with van der Waals surface area (Å²) in [6.07, 6.45) is 2.54. The highest BCUT2D eigenvalue weighted by Crippen LogP contribution is 2.32. The zero-order valence-electron chi connectivity index (χ0n) is 9.96. The van der Waals surface area contributed by atoms with Crippen molar-refractivity contribution >= 4 is 27.5 Å². The lowest BCUT2D eigenvalue weighted by molar-refractivity contribution is 0.236. The Hall–Kier alpha value is -0.760. The van der Waals surface area contributed by atoms with Crippen molar-refractivity contribution in [1.82, 2.24) is 4.90 Å². The van der Waals surface area contributed by atoms with Crippen LogP contribution in [0.25, 0.3) is 0 Å². The molecule has 0 radical (unpaired) electrons. The fourth-order valence-corrected chi connectivity index (χ4v) is 3.00. The molecule has 0 spiro atoms. The third-order valence-electron chi connectivity index (χ3n) is 2.98. The first kappa shape index (κ1) is 13.7. The van der Waals surface area contributed by atoms with Crippen molar-refractivity contribution in [3.63, 3.8) is 0 Å². The number of hydrogen-bond donors (Lipinski definition) is 0. The van der Waals surface area contributed by atoms with Gasteiger partial charge >= 0.3 is 0 Å². The molecule has 2 rings (SSSR count). The van der Waals surface area contributed by atoms with E-state index in [0.29, 0.717) is 22.9 Å². The summed E-state index contributed by atoms with van der Waals surface area (Å²) in [4.78, 5) is 2.37. The summed E-state index contributed by atoms with van der Waals surface area (Å²) < 4.78 is 6.44. The van der Waals surface area contributed by atoms with E-state index in [4.69, 9.17) is 21.6 Å². The molecule has 1 aliphatic rings. The van der Waals surface area contributed by atoms with Gasteiger partial charge in [-0.1, -0.05) is 11.6 Å². The maximum atomic E-state index is 9.06. The minimum absolute atomic E-state index is 0.468. The predicted octanol–water partition coefficient (Wildman–Crippen LogP) is 3.45. The third kappa shape index (κ3) is 3.38. The molecule has 96 valence electrons. The predicted molar refractivity (Wildman–Crippen MR) is 75.0 cm³/mol. The van der Waals surface area contributed by atoms with Crippen molar-refractivity contribution in [3.8, 4) is 11.8 Å². The molecule has 0 bridgehead atoms. The van der Waals surface area contributed by atoms with Crippen LogP contribution in [0.15, 0.2) is 16.6 Å². The zero-order valence-corrected chi connectivity index (χ0v) is 12.3. The maximum Gasteiger partial charge on any atom is 0.151 e. The Morgan fingerprint density at radius 2 is 2.11 bits per heavy atom. The average Bonchev–Trinajstić information content (AvgIpc) is 2.84. The minimum Gasteiger partial charge on any atom is -0.490 e. The molecule has 1 heterocycles. The van der Waals surface area contributed by atoms with Gasteiger partial charge in [-0.25, -0.2) is 0 Å². The lowest BCUT2D eigenvalue weighted by Gasteiger charge is -2.16. The van der Waals surface area contributed by atoms with Crippen LogP contribution in [0.4, 0.5) is 0 Å². The summed E-state index contributed by atoms with van der Waals surface area (Å²) in [6, 6.07) is 5.47. The topological polar surface area (TPSA) is 36.3 Å². The van der Waals surface area contributed by atoms with E-state index in [2.05, 4.69) is 26.9 Å². The lowest BCUT2D eigenvalue weighted by atomic mass is 10.2. The van der Waals surface area contributed by atoms with Crippen molar-refractivity contribution in [2.75, 3.05) is 26.2 Å². The number of benzene rings is 1. The van der Waals surface area contributed by atoms with Crippen LogP contribution in [0.3, 0.4) is 0 Å². The van der Waals surface area contributed by atoms with E-state index in [1.165, 1.54) is 12.8 Å². The fraction of sp³-hybridized carbons (Fsp3) is 0.462. The van der Waals surface area contributed by atoms with E-state index < -0.39 is 0 Å². The number of likely N-dealkylation sites (tertiary alicyclic amines) is 1. The summed E-state index contributed by atoms with van der Waals surface area (Å²) in [7, 11) is 0. The van der Waals surface area contributed by atoms with Gasteiger partial charge in [0.1, 0.15) is 12.7 Å². The zero-order chi connectivity index (χ0) is 13.0. The summed E-state index contributed by atoms with van der Waals surface area (Å²) in [5, 5.41) is 9.59. The standard InChI is InChI=1S/C13H14BrClN2O/c14-12-8-11(15)7-10(9-16)13(12)18-6-5-17-3-1-2-4-17/h7-8H,1-6H2. The van der Waals surface area contributed by atoms with E-state index in [-0.39, 0.29) is 0 Å². The molecule has 0 saturated carbocycles. The average molecular weight is 330 g/mol. The van der Waals surface area contributed by atoms with Crippen molar-refractivity contribution in [1.29, 1.82) is 5.26 Å². The number of nitriles is 1. The van der Waals surface area contributed by atoms with Crippen LogP contribution in [0.2, 0.25) is 5.02 Å². The summed E-state index contributed by atoms with van der Waals surface area (Å²) in [5.41, 5.74) is 0.468. The highest BCUT2D eigenvalue weighted by molar-refractivity contribution is 9.10. The third-order valence-corrected chi connectivity index (χ3v) is 3.79. The molecule has 0 aromatic heterocycles. The van der Waals surface area contributed by atoms with Crippen LogP contribution >= 0.6 is 27.5 Å². The number of hydrogen-bond acceptors (Lipinski definition) is 3. The molecule has 1 saturated heterocycles. The number of halogens is 2. The van der Waals surface area contributed by atoms with Gasteiger partial charge in [-0.05, 0) is 54.0 Å². The largest absolute Gasteiger partial charge is 0.490 e. The molecule has 0 amide bonds. The van der Waals surface area contributed by atoms with Crippen molar-refractivity contribution < 1.29 is 4.74 Å². The van der Waals surface area contributed by atoms with Crippen LogP contribution in [0.1, 0.15) is 18.4 Å². The van der Waals surface area contributed by atoms with Gasteiger partial charge in [0.25, 0.3) is 0 Å². The Morgan fingerprint density at radius 3 is 2.78 bits per heavy atom. The van der Waals surface area contributed by atoms with E-state index in [1.807, 2.05) is 0 Å². The van der Waals surface area contributed by atoms with Crippen LogP contribution in [0.5, 0.6) is 5.75 Å². The molecule has 0 atom stereocenters. The van der Waals surface area contributed by atoms with E-state index in [9.17, 15) is 0 Å². The van der Waals surface area contributed by atoms with Crippen molar-refractivity contribution in [2.45, 2.75) is 12.8 Å². The molecule has 0 N–H and O–H groups in total. The number of rotatable bonds is 4. The summed E-state index contributed by atoms with van der Waals surface area (Å²) in [5.74, 6) is 0.584. The van der Waals surface area contributed by atoms with Gasteiger partial charge in [-0.2, -0.15) is 5.26 Å². The molecule has 1 fully saturated rings. The first-order valence-corrected chi connectivity index (χ1v) is 7.12. The molecular formula is C13H14BrClN2O. The molecule has 1 aromatic rings. The monoisotopic (exact) mass is 328 g/mol. The van der Waals surface area contributed by atoms with Gasteiger partial charge in [0.05, 0.1) is 10.0 Å². The Kier molecular flexibility index (Phi) is 4.87. The quantitative estimate of drug-likeness (QED) is 0.849. The van der Waals surface area contributed by atoms with Crippen molar-refractivity contribution in [2.24, 2.45) is 0 Å². The van der Waals surface area contributed by atoms with Gasteiger partial charge < -0.3 is 4.74 Å². The van der Waals surface area contributed by atoms with Crippen LogP contribution in [0, 0.1) is 11.3 Å². The highest BCUT2D eigenvalue weighted by Gasteiger charge is 2.13. The second-order valence-corrected chi connectivity index (χ2v) is 5.56. The second-order valence-electron chi connectivity index (χ2n) is 4.27. The minimum atomic E-state index is 0.468. The van der Waals surface area contributed by atoms with E-state index in [0.717, 1.165) is 24.1 Å². The van der Waals surface area contributed by atoms with Crippen LogP contribution in [-0.4, -0.2) is 31.1 Å². The number of ether oxygens (including phenoxy) is 1. The lowest BCUT2D eigenvalue weighted by Crippen LogP contribution is -2.25. The van der Waals surface area contributed by atoms with E-state index >= 15 is 0 Å². The smallest absolute Gasteiger partial charge is 0.151 e. The fourth-order valence-electron chi connectivity index (χ4n) is 2.07. The van der Waals surface area contributed by atoms with Gasteiger partial charge in [-0.15, -0.1) is 0 Å². The van der Waals surface area contributed by atoms with Gasteiger partial charge in [0.15, 0.2) is 5.75 Å². The molecule has 5 heteroatoms. The SMILES string of the molecule is N#Cc1cc(Cl)cc(Br)c1OCCN1CCCC1. The molecule has 0 unspecified atom stereocenters. The molecule has 3 nitrogen and oxygen atoms in total. The maximum absolute atomic E-state index is 9.06. The normalized spacial score (nSPS) is 15.6. The number of nitrogens with zero attached hydrogens (tertiary/aromatic N) is 2. The molecule has 18 heavy (non-hydrogen) atoms. The van der Waals surface area contributed by atoms with Crippen LogP contribution < -0.4 is 4.74 Å². The highest BCUT2D eigenvalue weighted by atomic mass is 79.9. The molecule has 0 aliphatic carbocycles. The first-order chi connectivity index (χ1) is 8.70. The van der Waals surface area contributed by atoms with Crippen LogP contribution in [-0.2, 0) is 0 Å². The first-order valence-electron chi connectivity index (χ1n) is 5.95. The summed E-state index contributed by atoms with van der Waals surface area (Å²) >= 11 is 9.27. The Bertz CT molecular complexity index is 467. The Balaban J connectivity index is 1.98.